The molecular formula is C17H25N3O6S. The summed E-state index contributed by atoms with van der Waals surface area (Å²) in [5.74, 6) is -1.65. The van der Waals surface area contributed by atoms with Crippen molar-refractivity contribution >= 4 is 27.8 Å². The van der Waals surface area contributed by atoms with Gasteiger partial charge in [-0.2, -0.15) is 0 Å². The lowest BCUT2D eigenvalue weighted by atomic mass is 10.2. The normalized spacial score (nSPS) is 12.1. The van der Waals surface area contributed by atoms with Crippen LogP contribution in [0.2, 0.25) is 0 Å². The molecule has 1 rings (SSSR count). The van der Waals surface area contributed by atoms with Gasteiger partial charge in [0.25, 0.3) is 5.91 Å². The van der Waals surface area contributed by atoms with Gasteiger partial charge in [0.15, 0.2) is 6.61 Å². The van der Waals surface area contributed by atoms with Crippen molar-refractivity contribution in [3.05, 3.63) is 29.8 Å². The molecule has 0 fully saturated rings. The zero-order chi connectivity index (χ0) is 20.6. The van der Waals surface area contributed by atoms with E-state index in [1.165, 1.54) is 38.4 Å². The molecule has 0 radical (unpaired) electrons. The molecule has 0 aliphatic carbocycles. The van der Waals surface area contributed by atoms with Crippen molar-refractivity contribution in [1.29, 1.82) is 0 Å². The molecule has 0 bridgehead atoms. The van der Waals surface area contributed by atoms with Crippen LogP contribution in [0.5, 0.6) is 0 Å². The summed E-state index contributed by atoms with van der Waals surface area (Å²) in [6.45, 7) is 2.94. The van der Waals surface area contributed by atoms with Crippen LogP contribution in [0.15, 0.2) is 29.2 Å². The second-order valence-electron chi connectivity index (χ2n) is 5.95. The minimum atomic E-state index is -3.67. The molecule has 0 saturated carbocycles. The van der Waals surface area contributed by atoms with Crippen LogP contribution in [0.3, 0.4) is 0 Å². The standard InChI is InChI=1S/C17H25N3O6S/c1-5-12(2)19-27(24,25)14-8-6-13(7-9-14)17(23)26-11-16(22)20(4)10-15(21)18-3/h6-9,12,19H,5,10-11H2,1-4H3,(H,18,21)/t12-/m1/s1. The van der Waals surface area contributed by atoms with Gasteiger partial charge in [0.1, 0.15) is 0 Å². The number of carbonyl (C=O) groups excluding carboxylic acids is 3. The first-order valence-electron chi connectivity index (χ1n) is 8.34. The first-order chi connectivity index (χ1) is 12.6. The maximum atomic E-state index is 12.2. The Morgan fingerprint density at radius 1 is 1.19 bits per heavy atom. The highest BCUT2D eigenvalue weighted by Gasteiger charge is 2.18. The van der Waals surface area contributed by atoms with E-state index in [9.17, 15) is 22.8 Å². The van der Waals surface area contributed by atoms with Gasteiger partial charge < -0.3 is 15.0 Å². The number of benzene rings is 1. The van der Waals surface area contributed by atoms with Crippen molar-refractivity contribution in [1.82, 2.24) is 14.9 Å². The summed E-state index contributed by atoms with van der Waals surface area (Å²) in [5, 5.41) is 2.38. The number of carbonyl (C=O) groups is 3. The molecule has 0 aromatic heterocycles. The molecule has 0 heterocycles. The molecule has 1 aromatic carbocycles. The number of amides is 2. The zero-order valence-corrected chi connectivity index (χ0v) is 16.6. The molecule has 150 valence electrons. The molecule has 10 heteroatoms. The van der Waals surface area contributed by atoms with Crippen LogP contribution in [0.1, 0.15) is 30.6 Å². The third-order valence-electron chi connectivity index (χ3n) is 3.78. The monoisotopic (exact) mass is 399 g/mol. The van der Waals surface area contributed by atoms with E-state index >= 15 is 0 Å². The van der Waals surface area contributed by atoms with Crippen LogP contribution in [-0.2, 0) is 24.3 Å². The van der Waals surface area contributed by atoms with Crippen molar-refractivity contribution in [3.8, 4) is 0 Å². The zero-order valence-electron chi connectivity index (χ0n) is 15.8. The summed E-state index contributed by atoms with van der Waals surface area (Å²) in [7, 11) is -0.806. The first kappa shape index (κ1) is 22.6. The van der Waals surface area contributed by atoms with Gasteiger partial charge >= 0.3 is 5.97 Å². The second kappa shape index (κ2) is 10.0. The summed E-state index contributed by atoms with van der Waals surface area (Å²) in [6.07, 6.45) is 0.645. The number of ether oxygens (including phenoxy) is 1. The summed E-state index contributed by atoms with van der Waals surface area (Å²) in [4.78, 5) is 36.2. The smallest absolute Gasteiger partial charge is 0.338 e. The van der Waals surface area contributed by atoms with Gasteiger partial charge in [-0.1, -0.05) is 6.92 Å². The third-order valence-corrected chi connectivity index (χ3v) is 5.39. The summed E-state index contributed by atoms with van der Waals surface area (Å²) in [6, 6.07) is 5.00. The van der Waals surface area contributed by atoms with Crippen LogP contribution in [0.4, 0.5) is 0 Å². The number of hydrogen-bond acceptors (Lipinski definition) is 6. The van der Waals surface area contributed by atoms with E-state index in [2.05, 4.69) is 10.0 Å². The van der Waals surface area contributed by atoms with Crippen LogP contribution in [-0.4, -0.2) is 64.4 Å². The number of rotatable bonds is 9. The number of likely N-dealkylation sites (N-methyl/N-ethyl adjacent to an activating group) is 2. The minimum Gasteiger partial charge on any atom is -0.452 e. The molecule has 0 unspecified atom stereocenters. The Kier molecular flexibility index (Phi) is 8.38. The van der Waals surface area contributed by atoms with Gasteiger partial charge in [0, 0.05) is 20.1 Å². The van der Waals surface area contributed by atoms with Gasteiger partial charge in [0.05, 0.1) is 17.0 Å². The summed E-state index contributed by atoms with van der Waals surface area (Å²) >= 11 is 0. The fourth-order valence-corrected chi connectivity index (χ4v) is 3.22. The second-order valence-corrected chi connectivity index (χ2v) is 7.67. The maximum Gasteiger partial charge on any atom is 0.338 e. The topological polar surface area (TPSA) is 122 Å². The SMILES string of the molecule is CC[C@@H](C)NS(=O)(=O)c1ccc(C(=O)OCC(=O)N(C)CC(=O)NC)cc1. The van der Waals surface area contributed by atoms with E-state index in [1.807, 2.05) is 6.92 Å². The summed E-state index contributed by atoms with van der Waals surface area (Å²) < 4.78 is 31.8. The van der Waals surface area contributed by atoms with E-state index in [4.69, 9.17) is 4.74 Å². The highest BCUT2D eigenvalue weighted by atomic mass is 32.2. The van der Waals surface area contributed by atoms with Gasteiger partial charge in [-0.25, -0.2) is 17.9 Å². The maximum absolute atomic E-state index is 12.2. The van der Waals surface area contributed by atoms with Gasteiger partial charge in [-0.3, -0.25) is 9.59 Å². The average Bonchev–Trinajstić information content (AvgIpc) is 2.65. The first-order valence-corrected chi connectivity index (χ1v) is 9.83. The van der Waals surface area contributed by atoms with Crippen molar-refractivity contribution < 1.29 is 27.5 Å². The molecule has 0 aliphatic rings. The van der Waals surface area contributed by atoms with Crippen LogP contribution >= 0.6 is 0 Å². The molecule has 0 spiro atoms. The Hall–Kier alpha value is -2.46. The van der Waals surface area contributed by atoms with E-state index in [-0.39, 0.29) is 29.0 Å². The number of esters is 1. The Bertz CT molecular complexity index is 776. The predicted octanol–water partition coefficient (Wildman–Crippen LogP) is 0.125. The van der Waals surface area contributed by atoms with E-state index < -0.39 is 28.5 Å². The molecule has 0 saturated heterocycles. The fourth-order valence-electron chi connectivity index (χ4n) is 1.89. The molecular weight excluding hydrogens is 374 g/mol. The molecule has 1 aromatic rings. The van der Waals surface area contributed by atoms with Crippen molar-refractivity contribution in [2.75, 3.05) is 27.2 Å². The van der Waals surface area contributed by atoms with Crippen molar-refractivity contribution in [3.63, 3.8) is 0 Å². The molecule has 9 nitrogen and oxygen atoms in total. The molecule has 1 atom stereocenters. The highest BCUT2D eigenvalue weighted by molar-refractivity contribution is 7.89. The number of nitrogens with zero attached hydrogens (tertiary/aromatic N) is 1. The van der Waals surface area contributed by atoms with Crippen molar-refractivity contribution in [2.24, 2.45) is 0 Å². The number of hydrogen-bond donors (Lipinski definition) is 2. The Morgan fingerprint density at radius 2 is 1.78 bits per heavy atom. The van der Waals surface area contributed by atoms with E-state index in [1.54, 1.807) is 6.92 Å². The molecule has 2 N–H and O–H groups in total. The van der Waals surface area contributed by atoms with E-state index in [0.29, 0.717) is 6.42 Å². The molecule has 27 heavy (non-hydrogen) atoms. The lowest BCUT2D eigenvalue weighted by Gasteiger charge is -2.16. The predicted molar refractivity (Wildman–Crippen MR) is 98.5 cm³/mol. The Balaban J connectivity index is 2.67. The third kappa shape index (κ3) is 6.99. The molecule has 0 aliphatic heterocycles. The highest BCUT2D eigenvalue weighted by Crippen LogP contribution is 2.12. The molecule has 2 amide bonds. The summed E-state index contributed by atoms with van der Waals surface area (Å²) in [5.41, 5.74) is 0.110. The van der Waals surface area contributed by atoms with Crippen LogP contribution in [0.25, 0.3) is 0 Å². The van der Waals surface area contributed by atoms with E-state index in [0.717, 1.165) is 4.90 Å². The van der Waals surface area contributed by atoms with Crippen molar-refractivity contribution in [2.45, 2.75) is 31.2 Å². The average molecular weight is 399 g/mol. The van der Waals surface area contributed by atoms with Gasteiger partial charge in [-0.05, 0) is 37.6 Å². The quantitative estimate of drug-likeness (QED) is 0.569. The fraction of sp³-hybridized carbons (Fsp3) is 0.471. The Morgan fingerprint density at radius 3 is 2.30 bits per heavy atom. The number of nitrogens with one attached hydrogen (secondary N) is 2. The Labute approximate surface area is 159 Å². The van der Waals surface area contributed by atoms with Crippen LogP contribution in [0, 0.1) is 0 Å². The number of sulfonamides is 1. The minimum absolute atomic E-state index is 0.0285. The van der Waals surface area contributed by atoms with Gasteiger partial charge in [0.2, 0.25) is 15.9 Å². The van der Waals surface area contributed by atoms with Gasteiger partial charge in [-0.15, -0.1) is 0 Å². The lowest BCUT2D eigenvalue weighted by molar-refractivity contribution is -0.137. The lowest BCUT2D eigenvalue weighted by Crippen LogP contribution is -2.39. The largest absolute Gasteiger partial charge is 0.452 e. The van der Waals surface area contributed by atoms with Crippen LogP contribution < -0.4 is 10.0 Å².